The molecule has 11 nitrogen and oxygen atoms in total. The number of amides is 1. The molecule has 2 heterocycles. The van der Waals surface area contributed by atoms with Crippen molar-refractivity contribution in [3.05, 3.63) is 0 Å². The lowest BCUT2D eigenvalue weighted by atomic mass is 9.78. The van der Waals surface area contributed by atoms with Crippen LogP contribution in [-0.2, 0) is 28.5 Å². The molecule has 10 atom stereocenters. The van der Waals surface area contributed by atoms with Gasteiger partial charge in [0.2, 0.25) is 5.91 Å². The number of ketones is 1. The van der Waals surface area contributed by atoms with Crippen LogP contribution in [0.5, 0.6) is 0 Å². The van der Waals surface area contributed by atoms with E-state index in [0.717, 1.165) is 0 Å². The maximum Gasteiger partial charge on any atom is 0.217 e. The maximum absolute atomic E-state index is 12.2. The van der Waals surface area contributed by atoms with Crippen molar-refractivity contribution < 1.29 is 49.0 Å². The molecule has 1 amide bonds. The SMILES string of the molecule is CC(=O)NC1[C@@H](O[C@@H]2OC(C(C)=O)[C@@H](OC(C)C)[C@H](O)C2O)[C@H](O)C(CO)O[C@H]1C(C)(C)C. The normalized spacial score (nSPS) is 40.0. The van der Waals surface area contributed by atoms with Crippen LogP contribution >= 0.6 is 0 Å². The van der Waals surface area contributed by atoms with Gasteiger partial charge in [0.25, 0.3) is 0 Å². The van der Waals surface area contributed by atoms with E-state index in [2.05, 4.69) is 5.32 Å². The van der Waals surface area contributed by atoms with Crippen LogP contribution < -0.4 is 5.32 Å². The third kappa shape index (κ3) is 6.49. The average Bonchev–Trinajstić information content (AvgIpc) is 2.68. The van der Waals surface area contributed by atoms with Gasteiger partial charge in [-0.05, 0) is 26.2 Å². The number of hydrogen-bond donors (Lipinski definition) is 5. The lowest BCUT2D eigenvalue weighted by Crippen LogP contribution is -2.69. The third-order valence-corrected chi connectivity index (χ3v) is 5.79. The third-order valence-electron chi connectivity index (χ3n) is 5.79. The van der Waals surface area contributed by atoms with E-state index in [1.165, 1.54) is 13.8 Å². The zero-order valence-electron chi connectivity index (χ0n) is 20.3. The number of aliphatic hydroxyl groups excluding tert-OH is 4. The Labute approximate surface area is 194 Å². The Kier molecular flexibility index (Phi) is 9.39. The first kappa shape index (κ1) is 28.1. The van der Waals surface area contributed by atoms with Crippen LogP contribution in [0.1, 0.15) is 48.5 Å². The zero-order chi connectivity index (χ0) is 25.2. The van der Waals surface area contributed by atoms with E-state index >= 15 is 0 Å². The highest BCUT2D eigenvalue weighted by atomic mass is 16.7. The molecule has 0 aromatic heterocycles. The Morgan fingerprint density at radius 1 is 1.00 bits per heavy atom. The molecule has 0 saturated carbocycles. The second-order valence-corrected chi connectivity index (χ2v) is 10.1. The topological polar surface area (TPSA) is 164 Å². The summed E-state index contributed by atoms with van der Waals surface area (Å²) >= 11 is 0. The Morgan fingerprint density at radius 3 is 2.06 bits per heavy atom. The van der Waals surface area contributed by atoms with Gasteiger partial charge in [-0.3, -0.25) is 9.59 Å². The molecule has 0 aromatic rings. The maximum atomic E-state index is 12.2. The molecule has 2 fully saturated rings. The van der Waals surface area contributed by atoms with Gasteiger partial charge in [-0.2, -0.15) is 0 Å². The summed E-state index contributed by atoms with van der Waals surface area (Å²) in [5.41, 5.74) is -0.536. The van der Waals surface area contributed by atoms with Crippen LogP contribution in [0.2, 0.25) is 0 Å². The predicted octanol–water partition coefficient (Wildman–Crippen LogP) is -1.13. The van der Waals surface area contributed by atoms with Gasteiger partial charge in [0.05, 0.1) is 24.9 Å². The van der Waals surface area contributed by atoms with Crippen molar-refractivity contribution in [2.75, 3.05) is 6.61 Å². The van der Waals surface area contributed by atoms with Gasteiger partial charge < -0.3 is 44.7 Å². The largest absolute Gasteiger partial charge is 0.394 e. The fraction of sp³-hybridized carbons (Fsp3) is 0.909. The van der Waals surface area contributed by atoms with Crippen molar-refractivity contribution in [3.63, 3.8) is 0 Å². The number of ether oxygens (including phenoxy) is 4. The summed E-state index contributed by atoms with van der Waals surface area (Å²) < 4.78 is 23.1. The molecule has 0 aromatic carbocycles. The van der Waals surface area contributed by atoms with Crippen molar-refractivity contribution in [2.45, 2.75) is 116 Å². The molecule has 0 spiro atoms. The van der Waals surface area contributed by atoms with Crippen LogP contribution in [0.25, 0.3) is 0 Å². The summed E-state index contributed by atoms with van der Waals surface area (Å²) in [5, 5.41) is 44.7. The molecule has 192 valence electrons. The minimum Gasteiger partial charge on any atom is -0.394 e. The summed E-state index contributed by atoms with van der Waals surface area (Å²) in [6.45, 7) is 11.1. The Hall–Kier alpha value is -1.18. The second kappa shape index (κ2) is 11.0. The van der Waals surface area contributed by atoms with E-state index in [1.54, 1.807) is 13.8 Å². The molecule has 33 heavy (non-hydrogen) atoms. The van der Waals surface area contributed by atoms with Crippen LogP contribution in [-0.4, -0.2) is 106 Å². The van der Waals surface area contributed by atoms with E-state index in [-0.39, 0.29) is 6.10 Å². The molecule has 2 aliphatic rings. The molecular weight excluding hydrogens is 438 g/mol. The van der Waals surface area contributed by atoms with Gasteiger partial charge >= 0.3 is 0 Å². The minimum absolute atomic E-state index is 0.348. The highest BCUT2D eigenvalue weighted by Crippen LogP contribution is 2.36. The molecule has 0 bridgehead atoms. The Morgan fingerprint density at radius 2 is 1.61 bits per heavy atom. The molecule has 4 unspecified atom stereocenters. The van der Waals surface area contributed by atoms with Crippen LogP contribution in [0.15, 0.2) is 0 Å². The van der Waals surface area contributed by atoms with Gasteiger partial charge in [0.1, 0.15) is 42.7 Å². The van der Waals surface area contributed by atoms with Gasteiger partial charge in [-0.25, -0.2) is 0 Å². The first-order valence-electron chi connectivity index (χ1n) is 11.2. The molecule has 2 aliphatic heterocycles. The van der Waals surface area contributed by atoms with Gasteiger partial charge in [0.15, 0.2) is 12.1 Å². The number of rotatable bonds is 7. The van der Waals surface area contributed by atoms with Crippen molar-refractivity contribution in [3.8, 4) is 0 Å². The Balaban J connectivity index is 2.38. The number of carbonyl (C=O) groups excluding carboxylic acids is 2. The zero-order valence-corrected chi connectivity index (χ0v) is 20.3. The predicted molar refractivity (Wildman–Crippen MR) is 115 cm³/mol. The highest BCUT2D eigenvalue weighted by molar-refractivity contribution is 5.81. The first-order chi connectivity index (χ1) is 15.2. The monoisotopic (exact) mass is 477 g/mol. The smallest absolute Gasteiger partial charge is 0.217 e. The molecule has 5 N–H and O–H groups in total. The Bertz CT molecular complexity index is 681. The van der Waals surface area contributed by atoms with Crippen molar-refractivity contribution in [1.82, 2.24) is 5.32 Å². The summed E-state index contributed by atoms with van der Waals surface area (Å²) in [7, 11) is 0. The van der Waals surface area contributed by atoms with Crippen molar-refractivity contribution in [2.24, 2.45) is 5.41 Å². The molecule has 2 saturated heterocycles. The average molecular weight is 478 g/mol. The fourth-order valence-electron chi connectivity index (χ4n) is 4.30. The van der Waals surface area contributed by atoms with Crippen LogP contribution in [0.4, 0.5) is 0 Å². The van der Waals surface area contributed by atoms with E-state index in [0.29, 0.717) is 0 Å². The minimum atomic E-state index is -1.61. The standard InChI is InChI=1S/C22H39NO10/c1-9(2)30-19-15(28)16(29)21(32-17(19)10(3)25)33-18-13(23-11(4)26)20(22(5,6)7)31-12(8-24)14(18)27/h9,12-21,24,27-29H,8H2,1-7H3,(H,23,26)/t12?,13?,14-,15-,16?,17?,18-,19+,20-,21+/m1/s1. The molecule has 2 rings (SSSR count). The highest BCUT2D eigenvalue weighted by Gasteiger charge is 2.54. The number of Topliss-reactive ketones (excluding diaryl/α,β-unsaturated/α-hetero) is 1. The summed E-state index contributed by atoms with van der Waals surface area (Å²) in [4.78, 5) is 24.2. The van der Waals surface area contributed by atoms with E-state index < -0.39 is 84.9 Å². The van der Waals surface area contributed by atoms with Crippen LogP contribution in [0, 0.1) is 5.41 Å². The fourth-order valence-corrected chi connectivity index (χ4v) is 4.30. The van der Waals surface area contributed by atoms with E-state index in [9.17, 15) is 30.0 Å². The van der Waals surface area contributed by atoms with Gasteiger partial charge in [0, 0.05) is 6.92 Å². The lowest BCUT2D eigenvalue weighted by Gasteiger charge is -2.51. The molecular formula is C22H39NO10. The number of nitrogens with one attached hydrogen (secondary N) is 1. The summed E-state index contributed by atoms with van der Waals surface area (Å²) in [6, 6.07) is -0.881. The van der Waals surface area contributed by atoms with E-state index in [1.807, 2.05) is 20.8 Å². The van der Waals surface area contributed by atoms with Gasteiger partial charge in [-0.1, -0.05) is 20.8 Å². The van der Waals surface area contributed by atoms with Crippen molar-refractivity contribution in [1.29, 1.82) is 0 Å². The molecule has 11 heteroatoms. The number of carbonyl (C=O) groups is 2. The second-order valence-electron chi connectivity index (χ2n) is 10.1. The van der Waals surface area contributed by atoms with Crippen LogP contribution in [0.3, 0.4) is 0 Å². The molecule has 0 radical (unpaired) electrons. The van der Waals surface area contributed by atoms with Gasteiger partial charge in [-0.15, -0.1) is 0 Å². The summed E-state index contributed by atoms with van der Waals surface area (Å²) in [6.07, 6.45) is -11.6. The summed E-state index contributed by atoms with van der Waals surface area (Å²) in [5.74, 6) is -0.842. The quantitative estimate of drug-likeness (QED) is 0.303. The number of hydrogen-bond acceptors (Lipinski definition) is 10. The first-order valence-corrected chi connectivity index (χ1v) is 11.2. The lowest BCUT2D eigenvalue weighted by molar-refractivity contribution is -0.332. The molecule has 0 aliphatic carbocycles. The number of aliphatic hydroxyl groups is 4. The van der Waals surface area contributed by atoms with Crippen molar-refractivity contribution >= 4 is 11.7 Å². The van der Waals surface area contributed by atoms with E-state index in [4.69, 9.17) is 18.9 Å².